The Morgan fingerprint density at radius 1 is 1.06 bits per heavy atom. The summed E-state index contributed by atoms with van der Waals surface area (Å²) in [6, 6.07) is 7.97. The number of anilines is 1. The summed E-state index contributed by atoms with van der Waals surface area (Å²) in [5, 5.41) is 0. The van der Waals surface area contributed by atoms with Crippen LogP contribution in [0.2, 0.25) is 0 Å². The van der Waals surface area contributed by atoms with Crippen LogP contribution >= 0.6 is 0 Å². The molecule has 0 atom stereocenters. The van der Waals surface area contributed by atoms with Crippen molar-refractivity contribution in [2.24, 2.45) is 0 Å². The summed E-state index contributed by atoms with van der Waals surface area (Å²) < 4.78 is 5.64. The Morgan fingerprint density at radius 2 is 1.83 bits per heavy atom. The molecular formula is C15H18N2O. The minimum atomic E-state index is 0.143. The third-order valence-corrected chi connectivity index (χ3v) is 2.52. The fraction of sp³-hybridized carbons (Fsp3) is 0.267. The number of aryl methyl sites for hydroxylation is 1. The zero-order valence-electron chi connectivity index (χ0n) is 11.0. The third-order valence-electron chi connectivity index (χ3n) is 2.52. The lowest BCUT2D eigenvalue weighted by Crippen LogP contribution is -2.05. The summed E-state index contributed by atoms with van der Waals surface area (Å²) in [4.78, 5) is 4.21. The van der Waals surface area contributed by atoms with Crippen LogP contribution in [-0.4, -0.2) is 11.1 Å². The normalized spacial score (nSPS) is 10.7. The van der Waals surface area contributed by atoms with Gasteiger partial charge in [0.05, 0.1) is 12.3 Å². The lowest BCUT2D eigenvalue weighted by Gasteiger charge is -2.11. The molecule has 0 saturated carbocycles. The van der Waals surface area contributed by atoms with Gasteiger partial charge in [-0.1, -0.05) is 6.07 Å². The molecule has 2 rings (SSSR count). The summed E-state index contributed by atoms with van der Waals surface area (Å²) in [7, 11) is 0. The molecule has 3 heteroatoms. The molecule has 0 bridgehead atoms. The number of benzene rings is 1. The summed E-state index contributed by atoms with van der Waals surface area (Å²) >= 11 is 0. The molecule has 2 aromatic rings. The van der Waals surface area contributed by atoms with Crippen LogP contribution in [-0.2, 0) is 0 Å². The minimum Gasteiger partial charge on any atom is -0.489 e. The van der Waals surface area contributed by atoms with Crippen LogP contribution in [0.3, 0.4) is 0 Å². The molecule has 0 radical (unpaired) electrons. The average Bonchev–Trinajstić information content (AvgIpc) is 2.27. The molecule has 0 aliphatic heterocycles. The van der Waals surface area contributed by atoms with E-state index in [1.165, 1.54) is 0 Å². The second-order valence-corrected chi connectivity index (χ2v) is 4.71. The van der Waals surface area contributed by atoms with Gasteiger partial charge in [-0.2, -0.15) is 0 Å². The SMILES string of the molecule is Cc1cc(N)cc(-c2cncc(OC(C)C)c2)c1. The van der Waals surface area contributed by atoms with E-state index in [9.17, 15) is 0 Å². The van der Waals surface area contributed by atoms with E-state index in [0.29, 0.717) is 0 Å². The minimum absolute atomic E-state index is 0.143. The van der Waals surface area contributed by atoms with Crippen molar-refractivity contribution in [1.29, 1.82) is 0 Å². The van der Waals surface area contributed by atoms with Crippen LogP contribution < -0.4 is 10.5 Å². The molecule has 1 heterocycles. The zero-order chi connectivity index (χ0) is 13.1. The summed E-state index contributed by atoms with van der Waals surface area (Å²) in [6.07, 6.45) is 3.69. The van der Waals surface area contributed by atoms with Crippen molar-refractivity contribution >= 4 is 5.69 Å². The van der Waals surface area contributed by atoms with E-state index in [2.05, 4.69) is 11.1 Å². The van der Waals surface area contributed by atoms with E-state index < -0.39 is 0 Å². The highest BCUT2D eigenvalue weighted by Gasteiger charge is 2.04. The molecule has 0 aliphatic rings. The van der Waals surface area contributed by atoms with Gasteiger partial charge in [-0.05, 0) is 50.1 Å². The Hall–Kier alpha value is -2.03. The topological polar surface area (TPSA) is 48.1 Å². The number of aromatic nitrogens is 1. The molecule has 0 saturated heterocycles. The Morgan fingerprint density at radius 3 is 2.50 bits per heavy atom. The van der Waals surface area contributed by atoms with Crippen molar-refractivity contribution in [3.8, 4) is 16.9 Å². The van der Waals surface area contributed by atoms with Gasteiger partial charge in [-0.3, -0.25) is 4.98 Å². The highest BCUT2D eigenvalue weighted by atomic mass is 16.5. The molecule has 0 aliphatic carbocycles. The van der Waals surface area contributed by atoms with Crippen molar-refractivity contribution in [1.82, 2.24) is 4.98 Å². The standard InChI is InChI=1S/C15H18N2O/c1-10(2)18-15-7-13(8-17-9-15)12-4-11(3)5-14(16)6-12/h4-10H,16H2,1-3H3. The number of pyridine rings is 1. The monoisotopic (exact) mass is 242 g/mol. The van der Waals surface area contributed by atoms with Gasteiger partial charge in [0.1, 0.15) is 5.75 Å². The first-order valence-electron chi connectivity index (χ1n) is 6.04. The Kier molecular flexibility index (Phi) is 3.51. The van der Waals surface area contributed by atoms with Gasteiger partial charge in [0, 0.05) is 17.4 Å². The predicted octanol–water partition coefficient (Wildman–Crippen LogP) is 3.43. The fourth-order valence-electron chi connectivity index (χ4n) is 1.89. The number of nitrogens with zero attached hydrogens (tertiary/aromatic N) is 1. The first-order valence-corrected chi connectivity index (χ1v) is 6.04. The van der Waals surface area contributed by atoms with Crippen LogP contribution in [0.25, 0.3) is 11.1 Å². The lowest BCUT2D eigenvalue weighted by atomic mass is 10.0. The fourth-order valence-corrected chi connectivity index (χ4v) is 1.89. The van der Waals surface area contributed by atoms with Gasteiger partial charge in [-0.25, -0.2) is 0 Å². The maximum absolute atomic E-state index is 5.86. The van der Waals surface area contributed by atoms with E-state index in [1.807, 2.05) is 45.2 Å². The van der Waals surface area contributed by atoms with Gasteiger partial charge >= 0.3 is 0 Å². The van der Waals surface area contributed by atoms with Crippen LogP contribution in [0.15, 0.2) is 36.7 Å². The molecule has 0 spiro atoms. The number of nitrogens with two attached hydrogens (primary N) is 1. The van der Waals surface area contributed by atoms with E-state index >= 15 is 0 Å². The number of hydrogen-bond acceptors (Lipinski definition) is 3. The van der Waals surface area contributed by atoms with Crippen LogP contribution in [0.1, 0.15) is 19.4 Å². The summed E-state index contributed by atoms with van der Waals surface area (Å²) in [6.45, 7) is 6.02. The average molecular weight is 242 g/mol. The zero-order valence-corrected chi connectivity index (χ0v) is 11.0. The Balaban J connectivity index is 2.38. The third kappa shape index (κ3) is 3.00. The van der Waals surface area contributed by atoms with Crippen molar-refractivity contribution < 1.29 is 4.74 Å². The number of rotatable bonds is 3. The number of nitrogen functional groups attached to an aromatic ring is 1. The van der Waals surface area contributed by atoms with Crippen LogP contribution in [0.4, 0.5) is 5.69 Å². The molecule has 94 valence electrons. The van der Waals surface area contributed by atoms with E-state index in [-0.39, 0.29) is 6.10 Å². The quantitative estimate of drug-likeness (QED) is 0.839. The number of ether oxygens (including phenoxy) is 1. The molecule has 0 amide bonds. The maximum Gasteiger partial charge on any atom is 0.138 e. The second kappa shape index (κ2) is 5.08. The summed E-state index contributed by atoms with van der Waals surface area (Å²) in [5.41, 5.74) is 9.85. The molecule has 0 fully saturated rings. The largest absolute Gasteiger partial charge is 0.489 e. The summed E-state index contributed by atoms with van der Waals surface area (Å²) in [5.74, 6) is 0.780. The Labute approximate surface area is 108 Å². The Bertz CT molecular complexity index is 530. The first kappa shape index (κ1) is 12.4. The van der Waals surface area contributed by atoms with Gasteiger partial charge in [0.2, 0.25) is 0 Å². The van der Waals surface area contributed by atoms with Crippen LogP contribution in [0, 0.1) is 6.92 Å². The van der Waals surface area contributed by atoms with Gasteiger partial charge < -0.3 is 10.5 Å². The van der Waals surface area contributed by atoms with Crippen molar-refractivity contribution in [3.63, 3.8) is 0 Å². The second-order valence-electron chi connectivity index (χ2n) is 4.71. The van der Waals surface area contributed by atoms with Crippen molar-refractivity contribution in [2.45, 2.75) is 26.9 Å². The van der Waals surface area contributed by atoms with Crippen molar-refractivity contribution in [3.05, 3.63) is 42.2 Å². The molecule has 1 aromatic carbocycles. The van der Waals surface area contributed by atoms with Gasteiger partial charge in [0.15, 0.2) is 0 Å². The van der Waals surface area contributed by atoms with E-state index in [1.54, 1.807) is 6.20 Å². The van der Waals surface area contributed by atoms with Crippen LogP contribution in [0.5, 0.6) is 5.75 Å². The van der Waals surface area contributed by atoms with Gasteiger partial charge in [-0.15, -0.1) is 0 Å². The molecule has 3 nitrogen and oxygen atoms in total. The lowest BCUT2D eigenvalue weighted by molar-refractivity contribution is 0.241. The smallest absolute Gasteiger partial charge is 0.138 e. The molecule has 2 N–H and O–H groups in total. The maximum atomic E-state index is 5.86. The van der Waals surface area contributed by atoms with Crippen molar-refractivity contribution in [2.75, 3.05) is 5.73 Å². The molecule has 18 heavy (non-hydrogen) atoms. The molecule has 0 unspecified atom stereocenters. The highest BCUT2D eigenvalue weighted by Crippen LogP contribution is 2.26. The highest BCUT2D eigenvalue weighted by molar-refractivity contribution is 5.68. The molecule has 1 aromatic heterocycles. The molecular weight excluding hydrogens is 224 g/mol. The first-order chi connectivity index (χ1) is 8.54. The number of hydrogen-bond donors (Lipinski definition) is 1. The van der Waals surface area contributed by atoms with E-state index in [0.717, 1.165) is 28.1 Å². The van der Waals surface area contributed by atoms with Gasteiger partial charge in [0.25, 0.3) is 0 Å². The van der Waals surface area contributed by atoms with E-state index in [4.69, 9.17) is 10.5 Å². The predicted molar refractivity (Wildman–Crippen MR) is 74.6 cm³/mol.